The molecule has 0 unspecified atom stereocenters. The summed E-state index contributed by atoms with van der Waals surface area (Å²) in [5.74, 6) is 1.14. The van der Waals surface area contributed by atoms with Gasteiger partial charge in [0.15, 0.2) is 6.61 Å². The number of nitrogens with one attached hydrogen (secondary N) is 1. The standard InChI is InChI=1S/C18H16ClN3O3/c1-12-9-14(19)7-8-15(12)24-11-16(23)20-10-17-21-18(22-25-17)13-5-3-2-4-6-13/h2-9H,10-11H2,1H3,(H,20,23). The van der Waals surface area contributed by atoms with Crippen LogP contribution in [-0.2, 0) is 11.3 Å². The van der Waals surface area contributed by atoms with E-state index in [2.05, 4.69) is 15.5 Å². The fraction of sp³-hybridized carbons (Fsp3) is 0.167. The maximum Gasteiger partial charge on any atom is 0.258 e. The Kier molecular flexibility index (Phi) is 5.30. The van der Waals surface area contributed by atoms with E-state index in [0.717, 1.165) is 11.1 Å². The fourth-order valence-corrected chi connectivity index (χ4v) is 2.40. The molecular weight excluding hydrogens is 342 g/mol. The van der Waals surface area contributed by atoms with E-state index in [9.17, 15) is 4.79 Å². The average molecular weight is 358 g/mol. The third-order valence-electron chi connectivity index (χ3n) is 3.43. The Morgan fingerprint density at radius 3 is 2.80 bits per heavy atom. The Balaban J connectivity index is 1.50. The Morgan fingerprint density at radius 2 is 2.04 bits per heavy atom. The van der Waals surface area contributed by atoms with E-state index >= 15 is 0 Å². The van der Waals surface area contributed by atoms with Gasteiger partial charge in [-0.2, -0.15) is 4.98 Å². The number of benzene rings is 2. The molecule has 0 aliphatic carbocycles. The van der Waals surface area contributed by atoms with Gasteiger partial charge in [-0.1, -0.05) is 47.1 Å². The van der Waals surface area contributed by atoms with Gasteiger partial charge in [0.05, 0.1) is 6.54 Å². The number of halogens is 1. The molecule has 3 aromatic rings. The first kappa shape index (κ1) is 17.0. The second-order valence-corrected chi connectivity index (χ2v) is 5.79. The summed E-state index contributed by atoms with van der Waals surface area (Å²) in [5, 5.41) is 7.20. The highest BCUT2D eigenvalue weighted by Crippen LogP contribution is 2.21. The molecule has 0 aliphatic rings. The van der Waals surface area contributed by atoms with Crippen molar-refractivity contribution >= 4 is 17.5 Å². The summed E-state index contributed by atoms with van der Waals surface area (Å²) in [5.41, 5.74) is 1.72. The van der Waals surface area contributed by atoms with Crippen LogP contribution >= 0.6 is 11.6 Å². The Labute approximate surface area is 149 Å². The molecular formula is C18H16ClN3O3. The molecule has 0 spiro atoms. The van der Waals surface area contributed by atoms with Gasteiger partial charge in [0.2, 0.25) is 11.7 Å². The highest BCUT2D eigenvalue weighted by Gasteiger charge is 2.10. The van der Waals surface area contributed by atoms with Crippen LogP contribution in [0.15, 0.2) is 53.1 Å². The molecule has 128 valence electrons. The van der Waals surface area contributed by atoms with Crippen LogP contribution in [0.4, 0.5) is 0 Å². The van der Waals surface area contributed by atoms with Crippen molar-refractivity contribution in [3.8, 4) is 17.1 Å². The number of rotatable bonds is 6. The Morgan fingerprint density at radius 1 is 1.24 bits per heavy atom. The summed E-state index contributed by atoms with van der Waals surface area (Å²) in [6.45, 7) is 1.90. The molecule has 6 nitrogen and oxygen atoms in total. The quantitative estimate of drug-likeness (QED) is 0.731. The molecule has 1 amide bonds. The highest BCUT2D eigenvalue weighted by molar-refractivity contribution is 6.30. The van der Waals surface area contributed by atoms with Crippen molar-refractivity contribution < 1.29 is 14.1 Å². The van der Waals surface area contributed by atoms with Crippen LogP contribution in [-0.4, -0.2) is 22.7 Å². The van der Waals surface area contributed by atoms with Crippen LogP contribution in [0.2, 0.25) is 5.02 Å². The largest absolute Gasteiger partial charge is 0.484 e. The lowest BCUT2D eigenvalue weighted by molar-refractivity contribution is -0.123. The summed E-state index contributed by atoms with van der Waals surface area (Å²) in [6.07, 6.45) is 0. The van der Waals surface area contributed by atoms with Crippen molar-refractivity contribution in [2.24, 2.45) is 0 Å². The van der Waals surface area contributed by atoms with E-state index in [1.807, 2.05) is 37.3 Å². The summed E-state index contributed by atoms with van der Waals surface area (Å²) in [6, 6.07) is 14.7. The zero-order chi connectivity index (χ0) is 17.6. The van der Waals surface area contributed by atoms with Crippen LogP contribution in [0.25, 0.3) is 11.4 Å². The van der Waals surface area contributed by atoms with E-state index in [1.54, 1.807) is 18.2 Å². The predicted octanol–water partition coefficient (Wildman–Crippen LogP) is 3.39. The topological polar surface area (TPSA) is 77.2 Å². The minimum absolute atomic E-state index is 0.109. The molecule has 0 atom stereocenters. The van der Waals surface area contributed by atoms with E-state index in [1.165, 1.54) is 0 Å². The molecule has 0 radical (unpaired) electrons. The molecule has 0 saturated heterocycles. The van der Waals surface area contributed by atoms with Gasteiger partial charge in [-0.3, -0.25) is 4.79 Å². The average Bonchev–Trinajstić information content (AvgIpc) is 3.09. The van der Waals surface area contributed by atoms with Gasteiger partial charge in [0.25, 0.3) is 5.91 Å². The lowest BCUT2D eigenvalue weighted by Crippen LogP contribution is -2.28. The van der Waals surface area contributed by atoms with Gasteiger partial charge in [-0.05, 0) is 30.7 Å². The fourth-order valence-electron chi connectivity index (χ4n) is 2.17. The first-order valence-electron chi connectivity index (χ1n) is 7.65. The third-order valence-corrected chi connectivity index (χ3v) is 3.67. The smallest absolute Gasteiger partial charge is 0.258 e. The SMILES string of the molecule is Cc1cc(Cl)ccc1OCC(=O)NCc1nc(-c2ccccc2)no1. The molecule has 3 rings (SSSR count). The van der Waals surface area contributed by atoms with E-state index in [4.69, 9.17) is 20.9 Å². The lowest BCUT2D eigenvalue weighted by atomic mass is 10.2. The van der Waals surface area contributed by atoms with Crippen molar-refractivity contribution in [3.05, 3.63) is 65.0 Å². The number of nitrogens with zero attached hydrogens (tertiary/aromatic N) is 2. The summed E-state index contributed by atoms with van der Waals surface area (Å²) in [4.78, 5) is 16.1. The van der Waals surface area contributed by atoms with Crippen LogP contribution in [0.3, 0.4) is 0 Å². The number of aromatic nitrogens is 2. The van der Waals surface area contributed by atoms with E-state index in [0.29, 0.717) is 22.5 Å². The summed E-state index contributed by atoms with van der Waals surface area (Å²) in [7, 11) is 0. The first-order valence-corrected chi connectivity index (χ1v) is 8.03. The molecule has 7 heteroatoms. The Bertz CT molecular complexity index is 865. The van der Waals surface area contributed by atoms with Gasteiger partial charge < -0.3 is 14.6 Å². The van der Waals surface area contributed by atoms with Crippen LogP contribution in [0, 0.1) is 6.92 Å². The van der Waals surface area contributed by atoms with Gasteiger partial charge >= 0.3 is 0 Å². The van der Waals surface area contributed by atoms with E-state index < -0.39 is 0 Å². The van der Waals surface area contributed by atoms with Crippen molar-refractivity contribution in [2.75, 3.05) is 6.61 Å². The van der Waals surface area contributed by atoms with Gasteiger partial charge in [-0.25, -0.2) is 0 Å². The van der Waals surface area contributed by atoms with Crippen molar-refractivity contribution in [1.29, 1.82) is 0 Å². The van der Waals surface area contributed by atoms with Gasteiger partial charge in [0, 0.05) is 10.6 Å². The summed E-state index contributed by atoms with van der Waals surface area (Å²) < 4.78 is 10.6. The zero-order valence-corrected chi connectivity index (χ0v) is 14.3. The van der Waals surface area contributed by atoms with Crippen LogP contribution in [0.1, 0.15) is 11.5 Å². The van der Waals surface area contributed by atoms with Crippen molar-refractivity contribution in [2.45, 2.75) is 13.5 Å². The molecule has 1 heterocycles. The molecule has 0 fully saturated rings. The number of carbonyl (C=O) groups is 1. The number of ether oxygens (including phenoxy) is 1. The van der Waals surface area contributed by atoms with Crippen LogP contribution in [0.5, 0.6) is 5.75 Å². The molecule has 1 N–H and O–H groups in total. The van der Waals surface area contributed by atoms with Crippen molar-refractivity contribution in [3.63, 3.8) is 0 Å². The number of amides is 1. The molecule has 0 saturated carbocycles. The van der Waals surface area contributed by atoms with Crippen LogP contribution < -0.4 is 10.1 Å². The summed E-state index contributed by atoms with van der Waals surface area (Å²) >= 11 is 5.89. The predicted molar refractivity (Wildman–Crippen MR) is 93.3 cm³/mol. The number of aryl methyl sites for hydroxylation is 1. The van der Waals surface area contributed by atoms with Crippen molar-refractivity contribution in [1.82, 2.24) is 15.5 Å². The maximum atomic E-state index is 11.9. The van der Waals surface area contributed by atoms with Gasteiger partial charge in [-0.15, -0.1) is 0 Å². The third kappa shape index (κ3) is 4.58. The molecule has 0 bridgehead atoms. The lowest BCUT2D eigenvalue weighted by Gasteiger charge is -2.09. The monoisotopic (exact) mass is 357 g/mol. The number of hydrogen-bond acceptors (Lipinski definition) is 5. The first-order chi connectivity index (χ1) is 12.1. The van der Waals surface area contributed by atoms with E-state index in [-0.39, 0.29) is 19.1 Å². The highest BCUT2D eigenvalue weighted by atomic mass is 35.5. The maximum absolute atomic E-state index is 11.9. The minimum Gasteiger partial charge on any atom is -0.484 e. The molecule has 0 aliphatic heterocycles. The Hall–Kier alpha value is -2.86. The number of hydrogen-bond donors (Lipinski definition) is 1. The normalized spacial score (nSPS) is 10.5. The minimum atomic E-state index is -0.284. The molecule has 1 aromatic heterocycles. The number of carbonyl (C=O) groups excluding carboxylic acids is 1. The second kappa shape index (κ2) is 7.81. The van der Waals surface area contributed by atoms with Gasteiger partial charge in [0.1, 0.15) is 5.75 Å². The zero-order valence-electron chi connectivity index (χ0n) is 13.5. The second-order valence-electron chi connectivity index (χ2n) is 5.35. The molecule has 2 aromatic carbocycles. The molecule has 25 heavy (non-hydrogen) atoms.